The maximum atomic E-state index is 13.0. The van der Waals surface area contributed by atoms with Gasteiger partial charge in [0, 0.05) is 0 Å². The molecule has 0 radical (unpaired) electrons. The third-order valence-electron chi connectivity index (χ3n) is 3.87. The number of allylic oxidation sites excluding steroid dienone is 2. The standard InChI is InChI=1S/C18H34F2O/c1-3-4-5-6-7-8-9-10-11-12-17(13-16(2)21)14-18(20)15-19/h14,16-17,21H,3-13,15H2,1-2H3/b18-14+. The van der Waals surface area contributed by atoms with Crippen molar-refractivity contribution in [2.75, 3.05) is 6.67 Å². The molecule has 0 amide bonds. The Bertz CT molecular complexity index is 252. The summed E-state index contributed by atoms with van der Waals surface area (Å²) in [6.45, 7) is 2.89. The highest BCUT2D eigenvalue weighted by molar-refractivity contribution is 4.96. The summed E-state index contributed by atoms with van der Waals surface area (Å²) in [4.78, 5) is 0. The van der Waals surface area contributed by atoms with Crippen molar-refractivity contribution in [3.05, 3.63) is 11.9 Å². The van der Waals surface area contributed by atoms with Gasteiger partial charge in [0.2, 0.25) is 0 Å². The number of aliphatic hydroxyl groups excluding tert-OH is 1. The Morgan fingerprint density at radius 2 is 1.52 bits per heavy atom. The normalized spacial score (nSPS) is 15.2. The van der Waals surface area contributed by atoms with Gasteiger partial charge in [0.15, 0.2) is 0 Å². The summed E-state index contributed by atoms with van der Waals surface area (Å²) in [5, 5.41) is 9.41. The lowest BCUT2D eigenvalue weighted by Gasteiger charge is -2.14. The smallest absolute Gasteiger partial charge is 0.141 e. The lowest BCUT2D eigenvalue weighted by Crippen LogP contribution is -2.09. The summed E-state index contributed by atoms with van der Waals surface area (Å²) in [6, 6.07) is 0. The van der Waals surface area contributed by atoms with Crippen LogP contribution in [-0.4, -0.2) is 17.9 Å². The van der Waals surface area contributed by atoms with E-state index in [2.05, 4.69) is 6.92 Å². The first-order valence-electron chi connectivity index (χ1n) is 8.70. The highest BCUT2D eigenvalue weighted by Crippen LogP contribution is 2.20. The van der Waals surface area contributed by atoms with E-state index >= 15 is 0 Å². The van der Waals surface area contributed by atoms with Gasteiger partial charge in [-0.1, -0.05) is 64.7 Å². The Morgan fingerprint density at radius 3 is 2.00 bits per heavy atom. The minimum atomic E-state index is -1.03. The van der Waals surface area contributed by atoms with E-state index in [1.807, 2.05) is 0 Å². The summed E-state index contributed by atoms with van der Waals surface area (Å²) < 4.78 is 25.2. The molecule has 126 valence electrons. The molecule has 0 spiro atoms. The second-order valence-electron chi connectivity index (χ2n) is 6.21. The molecule has 2 unspecified atom stereocenters. The van der Waals surface area contributed by atoms with Crippen LogP contribution in [0.15, 0.2) is 11.9 Å². The van der Waals surface area contributed by atoms with Gasteiger partial charge in [-0.25, -0.2) is 8.78 Å². The monoisotopic (exact) mass is 304 g/mol. The van der Waals surface area contributed by atoms with E-state index in [0.717, 1.165) is 19.3 Å². The fourth-order valence-electron chi connectivity index (χ4n) is 2.72. The van der Waals surface area contributed by atoms with Crippen molar-refractivity contribution in [3.8, 4) is 0 Å². The zero-order valence-corrected chi connectivity index (χ0v) is 13.9. The maximum absolute atomic E-state index is 13.0. The molecule has 0 saturated carbocycles. The van der Waals surface area contributed by atoms with E-state index in [9.17, 15) is 13.9 Å². The zero-order chi connectivity index (χ0) is 15.9. The first-order valence-corrected chi connectivity index (χ1v) is 8.70. The number of hydrogen-bond acceptors (Lipinski definition) is 1. The van der Waals surface area contributed by atoms with Crippen molar-refractivity contribution >= 4 is 0 Å². The topological polar surface area (TPSA) is 20.2 Å². The Balaban J connectivity index is 3.68. The van der Waals surface area contributed by atoms with Crippen LogP contribution >= 0.6 is 0 Å². The van der Waals surface area contributed by atoms with Crippen LogP contribution in [0.3, 0.4) is 0 Å². The quantitative estimate of drug-likeness (QED) is 0.383. The van der Waals surface area contributed by atoms with Gasteiger partial charge in [0.25, 0.3) is 0 Å². The molecule has 0 fully saturated rings. The second-order valence-corrected chi connectivity index (χ2v) is 6.21. The fraction of sp³-hybridized carbons (Fsp3) is 0.889. The van der Waals surface area contributed by atoms with Crippen LogP contribution in [0.2, 0.25) is 0 Å². The van der Waals surface area contributed by atoms with Gasteiger partial charge in [0.05, 0.1) is 6.10 Å². The van der Waals surface area contributed by atoms with Crippen molar-refractivity contribution < 1.29 is 13.9 Å². The van der Waals surface area contributed by atoms with E-state index < -0.39 is 18.6 Å². The van der Waals surface area contributed by atoms with Gasteiger partial charge in [-0.3, -0.25) is 0 Å². The molecule has 0 aliphatic carbocycles. The molecule has 21 heavy (non-hydrogen) atoms. The number of alkyl halides is 1. The molecule has 0 heterocycles. The average Bonchev–Trinajstić information content (AvgIpc) is 2.44. The van der Waals surface area contributed by atoms with Crippen molar-refractivity contribution in [3.63, 3.8) is 0 Å². The van der Waals surface area contributed by atoms with E-state index in [-0.39, 0.29) is 5.92 Å². The van der Waals surface area contributed by atoms with Crippen molar-refractivity contribution in [1.82, 2.24) is 0 Å². The van der Waals surface area contributed by atoms with E-state index in [0.29, 0.717) is 6.42 Å². The highest BCUT2D eigenvalue weighted by atomic mass is 19.2. The lowest BCUT2D eigenvalue weighted by molar-refractivity contribution is 0.166. The molecule has 0 saturated heterocycles. The summed E-state index contributed by atoms with van der Waals surface area (Å²) >= 11 is 0. The summed E-state index contributed by atoms with van der Waals surface area (Å²) in [6.07, 6.45) is 13.6. The van der Waals surface area contributed by atoms with Gasteiger partial charge in [-0.15, -0.1) is 0 Å². The molecule has 3 heteroatoms. The first-order chi connectivity index (χ1) is 10.1. The van der Waals surface area contributed by atoms with Gasteiger partial charge < -0.3 is 5.11 Å². The van der Waals surface area contributed by atoms with E-state index in [4.69, 9.17) is 0 Å². The molecule has 1 N–H and O–H groups in total. The van der Waals surface area contributed by atoms with Gasteiger partial charge in [0.1, 0.15) is 12.5 Å². The molecule has 1 nitrogen and oxygen atoms in total. The lowest BCUT2D eigenvalue weighted by atomic mass is 9.94. The maximum Gasteiger partial charge on any atom is 0.141 e. The van der Waals surface area contributed by atoms with Crippen molar-refractivity contribution in [2.24, 2.45) is 5.92 Å². The summed E-state index contributed by atoms with van der Waals surface area (Å²) in [5.41, 5.74) is 0. The predicted octanol–water partition coefficient (Wildman–Crippen LogP) is 6.12. The number of halogens is 2. The third-order valence-corrected chi connectivity index (χ3v) is 3.87. The molecule has 0 aromatic rings. The molecular weight excluding hydrogens is 270 g/mol. The van der Waals surface area contributed by atoms with Gasteiger partial charge in [-0.05, 0) is 31.8 Å². The SMILES string of the molecule is CCCCCCCCCCCC(/C=C(/F)CF)CC(C)O. The zero-order valence-electron chi connectivity index (χ0n) is 13.9. The minimum Gasteiger partial charge on any atom is -0.393 e. The van der Waals surface area contributed by atoms with Crippen LogP contribution in [0.1, 0.15) is 84.5 Å². The van der Waals surface area contributed by atoms with E-state index in [1.165, 1.54) is 51.0 Å². The molecule has 0 rings (SSSR count). The summed E-state index contributed by atoms with van der Waals surface area (Å²) in [7, 11) is 0. The molecule has 2 atom stereocenters. The molecule has 0 bridgehead atoms. The van der Waals surface area contributed by atoms with Crippen LogP contribution < -0.4 is 0 Å². The molecule has 0 aliphatic rings. The van der Waals surface area contributed by atoms with Gasteiger partial charge >= 0.3 is 0 Å². The average molecular weight is 304 g/mol. The molecule has 0 aliphatic heterocycles. The molecule has 0 aromatic carbocycles. The fourth-order valence-corrected chi connectivity index (χ4v) is 2.72. The number of hydrogen-bond donors (Lipinski definition) is 1. The molecular formula is C18H34F2O. The van der Waals surface area contributed by atoms with Crippen LogP contribution in [0, 0.1) is 5.92 Å². The van der Waals surface area contributed by atoms with Crippen LogP contribution in [-0.2, 0) is 0 Å². The number of rotatable bonds is 14. The Kier molecular flexibility index (Phi) is 14.2. The van der Waals surface area contributed by atoms with Crippen molar-refractivity contribution in [2.45, 2.75) is 90.6 Å². The molecule has 0 aromatic heterocycles. The number of aliphatic hydroxyl groups is 1. The first kappa shape index (κ1) is 20.6. The van der Waals surface area contributed by atoms with Gasteiger partial charge in [-0.2, -0.15) is 0 Å². The Morgan fingerprint density at radius 1 is 1.00 bits per heavy atom. The Hall–Kier alpha value is -0.440. The highest BCUT2D eigenvalue weighted by Gasteiger charge is 2.10. The van der Waals surface area contributed by atoms with Crippen LogP contribution in [0.5, 0.6) is 0 Å². The van der Waals surface area contributed by atoms with E-state index in [1.54, 1.807) is 6.92 Å². The Labute approximate surface area is 129 Å². The summed E-state index contributed by atoms with van der Waals surface area (Å²) in [5.74, 6) is -0.734. The minimum absolute atomic E-state index is 0.0368. The second kappa shape index (κ2) is 14.5. The van der Waals surface area contributed by atoms with Crippen LogP contribution in [0.25, 0.3) is 0 Å². The van der Waals surface area contributed by atoms with Crippen molar-refractivity contribution in [1.29, 1.82) is 0 Å². The third kappa shape index (κ3) is 14.3. The largest absolute Gasteiger partial charge is 0.393 e. The number of unbranched alkanes of at least 4 members (excludes halogenated alkanes) is 8. The van der Waals surface area contributed by atoms with Crippen LogP contribution in [0.4, 0.5) is 8.78 Å². The predicted molar refractivity (Wildman–Crippen MR) is 86.8 cm³/mol.